The lowest BCUT2D eigenvalue weighted by Gasteiger charge is -2.29. The smallest absolute Gasteiger partial charge is 0.236 e. The number of piperazine rings is 1. The number of nitrogens with zero attached hydrogens (tertiary/aromatic N) is 2. The van der Waals surface area contributed by atoms with Crippen LogP contribution in [0.2, 0.25) is 0 Å². The average Bonchev–Trinajstić information content (AvgIpc) is 2.49. The van der Waals surface area contributed by atoms with Crippen molar-refractivity contribution in [3.8, 4) is 5.75 Å². The Morgan fingerprint density at radius 3 is 2.48 bits per heavy atom. The van der Waals surface area contributed by atoms with Gasteiger partial charge < -0.3 is 15.0 Å². The summed E-state index contributed by atoms with van der Waals surface area (Å²) >= 11 is 0. The Morgan fingerprint density at radius 1 is 1.29 bits per heavy atom. The van der Waals surface area contributed by atoms with Gasteiger partial charge in [0.2, 0.25) is 5.91 Å². The van der Waals surface area contributed by atoms with E-state index in [1.807, 2.05) is 41.1 Å². The zero-order valence-corrected chi connectivity index (χ0v) is 13.5. The molecule has 1 aliphatic heterocycles. The quantitative estimate of drug-likeness (QED) is 0.880. The van der Waals surface area contributed by atoms with Gasteiger partial charge in [-0.1, -0.05) is 12.1 Å². The van der Waals surface area contributed by atoms with Crippen molar-refractivity contribution in [1.82, 2.24) is 15.1 Å². The predicted molar refractivity (Wildman–Crippen MR) is 86.0 cm³/mol. The van der Waals surface area contributed by atoms with Crippen LogP contribution in [-0.2, 0) is 11.3 Å². The molecule has 21 heavy (non-hydrogen) atoms. The van der Waals surface area contributed by atoms with Gasteiger partial charge in [-0.25, -0.2) is 0 Å². The number of rotatable bonds is 5. The Hall–Kier alpha value is -1.30. The van der Waals surface area contributed by atoms with Gasteiger partial charge in [-0.3, -0.25) is 9.69 Å². The van der Waals surface area contributed by atoms with Crippen molar-refractivity contribution >= 4 is 18.3 Å². The van der Waals surface area contributed by atoms with Gasteiger partial charge in [0.1, 0.15) is 5.75 Å². The topological polar surface area (TPSA) is 44.8 Å². The summed E-state index contributed by atoms with van der Waals surface area (Å²) in [7, 11) is 3.64. The van der Waals surface area contributed by atoms with Crippen LogP contribution in [0.4, 0.5) is 0 Å². The Kier molecular flexibility index (Phi) is 7.50. The molecule has 118 valence electrons. The Balaban J connectivity index is 0.00000220. The maximum Gasteiger partial charge on any atom is 0.236 e. The van der Waals surface area contributed by atoms with Gasteiger partial charge in [0.15, 0.2) is 0 Å². The van der Waals surface area contributed by atoms with E-state index in [0.717, 1.165) is 38.5 Å². The van der Waals surface area contributed by atoms with Crippen molar-refractivity contribution in [3.63, 3.8) is 0 Å². The highest BCUT2D eigenvalue weighted by Crippen LogP contribution is 2.12. The van der Waals surface area contributed by atoms with Crippen LogP contribution in [0.25, 0.3) is 0 Å². The van der Waals surface area contributed by atoms with Crippen LogP contribution < -0.4 is 10.1 Å². The third-order valence-electron chi connectivity index (χ3n) is 3.49. The maximum absolute atomic E-state index is 12.1. The van der Waals surface area contributed by atoms with Crippen LogP contribution in [0.3, 0.4) is 0 Å². The molecular weight excluding hydrogens is 290 g/mol. The standard InChI is InChI=1S/C15H23N3O2.ClH/c1-17(11-13-3-5-14(20-2)6-4-13)12-15(19)18-9-7-16-8-10-18;/h3-6,16H,7-12H2,1-2H3;1H. The van der Waals surface area contributed by atoms with Crippen molar-refractivity contribution in [1.29, 1.82) is 0 Å². The fourth-order valence-corrected chi connectivity index (χ4v) is 2.34. The van der Waals surface area contributed by atoms with Gasteiger partial charge in [-0.05, 0) is 24.7 Å². The molecule has 6 heteroatoms. The van der Waals surface area contributed by atoms with Crippen molar-refractivity contribution in [3.05, 3.63) is 29.8 Å². The first kappa shape index (κ1) is 17.8. The number of benzene rings is 1. The van der Waals surface area contributed by atoms with Gasteiger partial charge in [-0.2, -0.15) is 0 Å². The number of likely N-dealkylation sites (N-methyl/N-ethyl adjacent to an activating group) is 1. The van der Waals surface area contributed by atoms with E-state index in [1.165, 1.54) is 5.56 Å². The van der Waals surface area contributed by atoms with Gasteiger partial charge in [-0.15, -0.1) is 12.4 Å². The SMILES string of the molecule is COc1ccc(CN(C)CC(=O)N2CCNCC2)cc1.Cl. The highest BCUT2D eigenvalue weighted by molar-refractivity contribution is 5.85. The van der Waals surface area contributed by atoms with E-state index >= 15 is 0 Å². The van der Waals surface area contributed by atoms with E-state index in [0.29, 0.717) is 6.54 Å². The van der Waals surface area contributed by atoms with Crippen molar-refractivity contribution in [2.75, 3.05) is 46.9 Å². The number of carbonyl (C=O) groups is 1. The molecule has 2 rings (SSSR count). The molecule has 1 amide bonds. The van der Waals surface area contributed by atoms with Crippen LogP contribution in [0.15, 0.2) is 24.3 Å². The fourth-order valence-electron chi connectivity index (χ4n) is 2.34. The molecule has 1 aliphatic rings. The minimum atomic E-state index is 0. The summed E-state index contributed by atoms with van der Waals surface area (Å²) < 4.78 is 5.14. The molecule has 0 atom stereocenters. The zero-order chi connectivity index (χ0) is 14.4. The number of carbonyl (C=O) groups excluding carboxylic acids is 1. The molecule has 1 saturated heterocycles. The zero-order valence-electron chi connectivity index (χ0n) is 12.7. The van der Waals surface area contributed by atoms with E-state index in [-0.39, 0.29) is 18.3 Å². The third-order valence-corrected chi connectivity index (χ3v) is 3.49. The second kappa shape index (κ2) is 8.87. The van der Waals surface area contributed by atoms with Gasteiger partial charge in [0.05, 0.1) is 13.7 Å². The molecule has 1 fully saturated rings. The van der Waals surface area contributed by atoms with Crippen LogP contribution in [0.5, 0.6) is 5.75 Å². The number of nitrogens with one attached hydrogen (secondary N) is 1. The second-order valence-corrected chi connectivity index (χ2v) is 5.15. The van der Waals surface area contributed by atoms with Crippen molar-refractivity contribution in [2.24, 2.45) is 0 Å². The molecule has 0 aromatic heterocycles. The highest BCUT2D eigenvalue weighted by atomic mass is 35.5. The first-order valence-electron chi connectivity index (χ1n) is 6.99. The summed E-state index contributed by atoms with van der Waals surface area (Å²) in [6, 6.07) is 7.96. The minimum absolute atomic E-state index is 0. The normalized spacial score (nSPS) is 14.7. The lowest BCUT2D eigenvalue weighted by molar-refractivity contribution is -0.132. The van der Waals surface area contributed by atoms with E-state index in [2.05, 4.69) is 5.32 Å². The third kappa shape index (κ3) is 5.53. The number of amides is 1. The molecule has 0 aliphatic carbocycles. The number of ether oxygens (including phenoxy) is 1. The number of hydrogen-bond donors (Lipinski definition) is 1. The molecule has 0 unspecified atom stereocenters. The van der Waals surface area contributed by atoms with Gasteiger partial charge in [0, 0.05) is 32.7 Å². The molecule has 0 bridgehead atoms. The monoisotopic (exact) mass is 313 g/mol. The first-order valence-corrected chi connectivity index (χ1v) is 6.99. The van der Waals surface area contributed by atoms with Crippen LogP contribution in [0, 0.1) is 0 Å². The molecule has 0 saturated carbocycles. The predicted octanol–water partition coefficient (Wildman–Crippen LogP) is 0.981. The van der Waals surface area contributed by atoms with Crippen molar-refractivity contribution < 1.29 is 9.53 Å². The van der Waals surface area contributed by atoms with Crippen molar-refractivity contribution in [2.45, 2.75) is 6.54 Å². The van der Waals surface area contributed by atoms with Gasteiger partial charge in [0.25, 0.3) is 0 Å². The number of halogens is 1. The van der Waals surface area contributed by atoms with E-state index in [1.54, 1.807) is 7.11 Å². The lowest BCUT2D eigenvalue weighted by atomic mass is 10.2. The molecule has 5 nitrogen and oxygen atoms in total. The van der Waals surface area contributed by atoms with Crippen LogP contribution >= 0.6 is 12.4 Å². The Labute approximate surface area is 132 Å². The maximum atomic E-state index is 12.1. The summed E-state index contributed by atoms with van der Waals surface area (Å²) in [5.74, 6) is 1.07. The summed E-state index contributed by atoms with van der Waals surface area (Å²) in [6.07, 6.45) is 0. The highest BCUT2D eigenvalue weighted by Gasteiger charge is 2.17. The molecule has 0 spiro atoms. The molecular formula is C15H24ClN3O2. The lowest BCUT2D eigenvalue weighted by Crippen LogP contribution is -2.49. The van der Waals surface area contributed by atoms with Crippen LogP contribution in [0.1, 0.15) is 5.56 Å². The van der Waals surface area contributed by atoms with E-state index in [4.69, 9.17) is 4.74 Å². The molecule has 1 aromatic carbocycles. The van der Waals surface area contributed by atoms with E-state index in [9.17, 15) is 4.79 Å². The fraction of sp³-hybridized carbons (Fsp3) is 0.533. The summed E-state index contributed by atoms with van der Waals surface area (Å²) in [5.41, 5.74) is 1.18. The summed E-state index contributed by atoms with van der Waals surface area (Å²) in [4.78, 5) is 16.1. The summed E-state index contributed by atoms with van der Waals surface area (Å²) in [6.45, 7) is 4.65. The number of hydrogen-bond acceptors (Lipinski definition) is 4. The second-order valence-electron chi connectivity index (χ2n) is 5.15. The molecule has 1 N–H and O–H groups in total. The molecule has 1 aromatic rings. The minimum Gasteiger partial charge on any atom is -0.497 e. The molecule has 0 radical (unpaired) electrons. The Morgan fingerprint density at radius 2 is 1.90 bits per heavy atom. The summed E-state index contributed by atoms with van der Waals surface area (Å²) in [5, 5.41) is 3.25. The Bertz CT molecular complexity index is 433. The van der Waals surface area contributed by atoms with Gasteiger partial charge >= 0.3 is 0 Å². The molecule has 1 heterocycles. The average molecular weight is 314 g/mol. The number of methoxy groups -OCH3 is 1. The van der Waals surface area contributed by atoms with Crippen LogP contribution in [-0.4, -0.2) is 62.6 Å². The van der Waals surface area contributed by atoms with E-state index < -0.39 is 0 Å². The first-order chi connectivity index (χ1) is 9.69. The largest absolute Gasteiger partial charge is 0.497 e.